The summed E-state index contributed by atoms with van der Waals surface area (Å²) in [4.78, 5) is -0.667. The van der Waals surface area contributed by atoms with Crippen LogP contribution in [0.1, 0.15) is 29.9 Å². The zero-order valence-corrected chi connectivity index (χ0v) is 15.0. The van der Waals surface area contributed by atoms with Gasteiger partial charge in [-0.2, -0.15) is 0 Å². The summed E-state index contributed by atoms with van der Waals surface area (Å²) in [6, 6.07) is 7.54. The summed E-state index contributed by atoms with van der Waals surface area (Å²) in [5.74, 6) is -1.34. The topological polar surface area (TPSA) is 66.4 Å². The van der Waals surface area contributed by atoms with Crippen LogP contribution >= 0.6 is 0 Å². The van der Waals surface area contributed by atoms with Gasteiger partial charge in [-0.25, -0.2) is 17.2 Å². The third kappa shape index (κ3) is 3.65. The van der Waals surface area contributed by atoms with Gasteiger partial charge in [0, 0.05) is 13.1 Å². The number of hydrogen-bond donors (Lipinski definition) is 2. The molecule has 1 unspecified atom stereocenters. The highest BCUT2D eigenvalue weighted by Gasteiger charge is 2.29. The summed E-state index contributed by atoms with van der Waals surface area (Å²) in [5, 5.41) is 12.0. The lowest BCUT2D eigenvalue weighted by Gasteiger charge is -2.27. The summed E-state index contributed by atoms with van der Waals surface area (Å²) in [7, 11) is -4.13. The Labute approximate surface area is 151 Å². The zero-order chi connectivity index (χ0) is 18.7. The maximum absolute atomic E-state index is 15.1. The van der Waals surface area contributed by atoms with Crippen LogP contribution in [0.15, 0.2) is 46.2 Å². The van der Waals surface area contributed by atoms with E-state index in [1.807, 2.05) is 0 Å². The normalized spacial score (nSPS) is 17.1. The molecule has 0 saturated carbocycles. The monoisotopic (exact) mass is 381 g/mol. The van der Waals surface area contributed by atoms with Gasteiger partial charge in [-0.05, 0) is 60.6 Å². The second kappa shape index (κ2) is 7.82. The molecule has 2 aromatic carbocycles. The predicted molar refractivity (Wildman–Crippen MR) is 93.9 cm³/mol. The molecule has 0 spiro atoms. The molecule has 0 bridgehead atoms. The molecule has 1 atom stereocenters. The lowest BCUT2D eigenvalue weighted by atomic mass is 9.82. The van der Waals surface area contributed by atoms with Crippen molar-refractivity contribution in [2.45, 2.75) is 35.0 Å². The SMILES string of the molecule is O=S(=O)(c1cccc(F)c1)c1ccc2c(c1F)CCCC2CNCCO. The van der Waals surface area contributed by atoms with Crippen LogP contribution in [0.3, 0.4) is 0 Å². The van der Waals surface area contributed by atoms with Gasteiger partial charge in [0.1, 0.15) is 16.5 Å². The minimum atomic E-state index is -4.13. The van der Waals surface area contributed by atoms with Gasteiger partial charge in [0.15, 0.2) is 0 Å². The largest absolute Gasteiger partial charge is 0.395 e. The lowest BCUT2D eigenvalue weighted by Crippen LogP contribution is -2.27. The molecule has 140 valence electrons. The van der Waals surface area contributed by atoms with Gasteiger partial charge in [0.25, 0.3) is 0 Å². The maximum Gasteiger partial charge on any atom is 0.209 e. The van der Waals surface area contributed by atoms with Gasteiger partial charge in [-0.3, -0.25) is 0 Å². The molecule has 3 rings (SSSR count). The van der Waals surface area contributed by atoms with E-state index in [4.69, 9.17) is 5.11 Å². The Morgan fingerprint density at radius 1 is 1.19 bits per heavy atom. The first-order valence-electron chi connectivity index (χ1n) is 8.58. The number of aliphatic hydroxyl groups excluding tert-OH is 1. The van der Waals surface area contributed by atoms with Crippen molar-refractivity contribution in [2.24, 2.45) is 0 Å². The van der Waals surface area contributed by atoms with Crippen LogP contribution in [0.5, 0.6) is 0 Å². The summed E-state index contributed by atoms with van der Waals surface area (Å²) in [6.07, 6.45) is 2.11. The third-order valence-corrected chi connectivity index (χ3v) is 6.51. The summed E-state index contributed by atoms with van der Waals surface area (Å²) < 4.78 is 53.9. The van der Waals surface area contributed by atoms with E-state index in [1.54, 1.807) is 6.07 Å². The molecule has 0 aromatic heterocycles. The molecular formula is C19H21F2NO3S. The molecule has 0 fully saturated rings. The number of aliphatic hydroxyl groups is 1. The van der Waals surface area contributed by atoms with E-state index >= 15 is 4.39 Å². The minimum absolute atomic E-state index is 0.0265. The predicted octanol–water partition coefficient (Wildman–Crippen LogP) is 2.80. The lowest BCUT2D eigenvalue weighted by molar-refractivity contribution is 0.290. The van der Waals surface area contributed by atoms with Crippen molar-refractivity contribution in [2.75, 3.05) is 19.7 Å². The molecule has 0 aliphatic heterocycles. The number of rotatable bonds is 6. The Balaban J connectivity index is 1.99. The zero-order valence-electron chi connectivity index (χ0n) is 14.2. The molecule has 4 nitrogen and oxygen atoms in total. The van der Waals surface area contributed by atoms with E-state index in [9.17, 15) is 12.8 Å². The Morgan fingerprint density at radius 2 is 2.00 bits per heavy atom. The number of halogens is 2. The van der Waals surface area contributed by atoms with Crippen molar-refractivity contribution < 1.29 is 22.3 Å². The number of nitrogens with one attached hydrogen (secondary N) is 1. The highest BCUT2D eigenvalue weighted by atomic mass is 32.2. The molecular weight excluding hydrogens is 360 g/mol. The summed E-state index contributed by atoms with van der Waals surface area (Å²) in [5.41, 5.74) is 1.22. The van der Waals surface area contributed by atoms with Crippen molar-refractivity contribution >= 4 is 9.84 Å². The molecule has 2 aromatic rings. The fourth-order valence-electron chi connectivity index (χ4n) is 3.47. The smallest absolute Gasteiger partial charge is 0.209 e. The average Bonchev–Trinajstić information content (AvgIpc) is 2.62. The van der Waals surface area contributed by atoms with Gasteiger partial charge in [0.05, 0.1) is 11.5 Å². The van der Waals surface area contributed by atoms with Crippen molar-refractivity contribution in [3.8, 4) is 0 Å². The Kier molecular flexibility index (Phi) is 5.70. The van der Waals surface area contributed by atoms with Gasteiger partial charge in [0.2, 0.25) is 9.84 Å². The van der Waals surface area contributed by atoms with Gasteiger partial charge in [-0.15, -0.1) is 0 Å². The van der Waals surface area contributed by atoms with Crippen LogP contribution in [0.2, 0.25) is 0 Å². The number of benzene rings is 2. The summed E-state index contributed by atoms with van der Waals surface area (Å²) >= 11 is 0. The van der Waals surface area contributed by atoms with Crippen molar-refractivity contribution in [1.82, 2.24) is 5.32 Å². The van der Waals surface area contributed by atoms with Crippen LogP contribution in [0.4, 0.5) is 8.78 Å². The minimum Gasteiger partial charge on any atom is -0.395 e. The number of sulfone groups is 1. The van der Waals surface area contributed by atoms with Gasteiger partial charge < -0.3 is 10.4 Å². The first-order valence-corrected chi connectivity index (χ1v) is 10.1. The fourth-order valence-corrected chi connectivity index (χ4v) is 4.85. The Morgan fingerprint density at radius 3 is 2.73 bits per heavy atom. The van der Waals surface area contributed by atoms with E-state index in [2.05, 4.69) is 5.32 Å². The average molecular weight is 381 g/mol. The summed E-state index contributed by atoms with van der Waals surface area (Å²) in [6.45, 7) is 1.09. The van der Waals surface area contributed by atoms with Crippen molar-refractivity contribution in [3.05, 3.63) is 59.2 Å². The molecule has 1 aliphatic rings. The second-order valence-corrected chi connectivity index (χ2v) is 8.34. The first kappa shape index (κ1) is 18.9. The van der Waals surface area contributed by atoms with Crippen molar-refractivity contribution in [1.29, 1.82) is 0 Å². The fraction of sp³-hybridized carbons (Fsp3) is 0.368. The van der Waals surface area contributed by atoms with E-state index in [0.717, 1.165) is 30.5 Å². The van der Waals surface area contributed by atoms with Gasteiger partial charge in [-0.1, -0.05) is 12.1 Å². The van der Waals surface area contributed by atoms with Crippen LogP contribution in [-0.4, -0.2) is 33.2 Å². The van der Waals surface area contributed by atoms with Crippen LogP contribution in [0.25, 0.3) is 0 Å². The van der Waals surface area contributed by atoms with Crippen molar-refractivity contribution in [3.63, 3.8) is 0 Å². The molecule has 26 heavy (non-hydrogen) atoms. The van der Waals surface area contributed by atoms with Crippen LogP contribution < -0.4 is 5.32 Å². The van der Waals surface area contributed by atoms with Crippen LogP contribution in [-0.2, 0) is 16.3 Å². The molecule has 0 amide bonds. The third-order valence-electron chi connectivity index (χ3n) is 4.74. The molecule has 0 radical (unpaired) electrons. The van der Waals surface area contributed by atoms with Gasteiger partial charge >= 0.3 is 0 Å². The van der Waals surface area contributed by atoms with Crippen LogP contribution in [0, 0.1) is 11.6 Å². The molecule has 7 heteroatoms. The first-order chi connectivity index (χ1) is 12.4. The standard InChI is InChI=1S/C19H21F2NO3S/c20-14-4-2-5-15(11-14)26(24,25)18-8-7-16-13(12-22-9-10-23)3-1-6-17(16)19(18)21/h2,4-5,7-8,11,13,22-23H,1,3,6,9-10,12H2. The maximum atomic E-state index is 15.1. The van der Waals surface area contributed by atoms with E-state index in [1.165, 1.54) is 18.2 Å². The molecule has 0 saturated heterocycles. The Bertz CT molecular complexity index is 900. The highest BCUT2D eigenvalue weighted by Crippen LogP contribution is 2.36. The second-order valence-electron chi connectivity index (χ2n) is 6.42. The number of hydrogen-bond acceptors (Lipinski definition) is 4. The van der Waals surface area contributed by atoms with E-state index in [0.29, 0.717) is 25.1 Å². The van der Waals surface area contributed by atoms with E-state index in [-0.39, 0.29) is 17.4 Å². The Hall–Kier alpha value is -1.83. The molecule has 1 aliphatic carbocycles. The molecule has 2 N–H and O–H groups in total. The highest BCUT2D eigenvalue weighted by molar-refractivity contribution is 7.91. The number of fused-ring (bicyclic) bond motifs is 1. The quantitative estimate of drug-likeness (QED) is 0.755. The molecule has 0 heterocycles. The van der Waals surface area contributed by atoms with E-state index < -0.39 is 26.4 Å².